The number of hydrogen-bond donors (Lipinski definition) is 2. The predicted octanol–water partition coefficient (Wildman–Crippen LogP) is 2.22. The van der Waals surface area contributed by atoms with Crippen molar-refractivity contribution in [2.24, 2.45) is 5.92 Å². The zero-order valence-electron chi connectivity index (χ0n) is 19.7. The number of nitrogens with zero attached hydrogens (tertiary/aromatic N) is 1. The van der Waals surface area contributed by atoms with E-state index in [1.807, 2.05) is 13.8 Å². The van der Waals surface area contributed by atoms with Gasteiger partial charge in [-0.15, -0.1) is 0 Å². The summed E-state index contributed by atoms with van der Waals surface area (Å²) in [6.07, 6.45) is 5.73. The van der Waals surface area contributed by atoms with Crippen LogP contribution in [0.15, 0.2) is 29.2 Å². The Morgan fingerprint density at radius 3 is 2.42 bits per heavy atom. The Kier molecular flexibility index (Phi) is 7.82. The largest absolute Gasteiger partial charge is 0.363 e. The van der Waals surface area contributed by atoms with Crippen molar-refractivity contribution in [1.29, 1.82) is 0 Å². The van der Waals surface area contributed by atoms with Crippen molar-refractivity contribution in [2.75, 3.05) is 24.2 Å². The molecule has 0 bridgehead atoms. The fraction of sp³-hybridized carbons (Fsp3) is 0.625. The minimum absolute atomic E-state index is 0.0180. The molecular formula is C24H35N3O5S. The van der Waals surface area contributed by atoms with Crippen molar-refractivity contribution in [3.05, 3.63) is 24.3 Å². The minimum atomic E-state index is -3.44. The summed E-state index contributed by atoms with van der Waals surface area (Å²) in [4.78, 5) is 40.7. The summed E-state index contributed by atoms with van der Waals surface area (Å²) in [5, 5.41) is 5.89. The lowest BCUT2D eigenvalue weighted by Gasteiger charge is -2.39. The number of sulfone groups is 1. The third-order valence-electron chi connectivity index (χ3n) is 6.45. The molecule has 2 fully saturated rings. The number of rotatable bonds is 7. The van der Waals surface area contributed by atoms with E-state index in [0.29, 0.717) is 37.9 Å². The topological polar surface area (TPSA) is 113 Å². The van der Waals surface area contributed by atoms with Crippen LogP contribution in [0.25, 0.3) is 0 Å². The minimum Gasteiger partial charge on any atom is -0.363 e. The van der Waals surface area contributed by atoms with E-state index in [1.54, 1.807) is 23.1 Å². The van der Waals surface area contributed by atoms with Crippen LogP contribution < -0.4 is 15.5 Å². The molecule has 1 atom stereocenters. The lowest BCUT2D eigenvalue weighted by atomic mass is 9.80. The molecular weight excluding hydrogens is 442 g/mol. The van der Waals surface area contributed by atoms with Crippen molar-refractivity contribution >= 4 is 33.1 Å². The summed E-state index contributed by atoms with van der Waals surface area (Å²) in [5.74, 6) is -0.407. The molecule has 33 heavy (non-hydrogen) atoms. The van der Waals surface area contributed by atoms with Gasteiger partial charge in [0.25, 0.3) is 0 Å². The monoisotopic (exact) mass is 477 g/mol. The average molecular weight is 478 g/mol. The second kappa shape index (κ2) is 10.2. The van der Waals surface area contributed by atoms with Gasteiger partial charge >= 0.3 is 0 Å². The van der Waals surface area contributed by atoms with Gasteiger partial charge in [-0.3, -0.25) is 14.4 Å². The van der Waals surface area contributed by atoms with Crippen LogP contribution in [-0.2, 0) is 24.2 Å². The number of Topliss-reactive ketones (excluding diaryl/α,β-unsaturated/α-hetero) is 1. The molecule has 1 saturated carbocycles. The normalized spacial score (nSPS) is 21.0. The van der Waals surface area contributed by atoms with Crippen molar-refractivity contribution in [2.45, 2.75) is 75.3 Å². The second-order valence-corrected chi connectivity index (χ2v) is 11.7. The van der Waals surface area contributed by atoms with Gasteiger partial charge in [-0.25, -0.2) is 8.42 Å². The SMILES string of the molecule is CC(C)CC(=O)NC1(C(=O)NC2CCN(c3ccccc3S(C)(=O)=O)CC2=O)CCCCC1. The van der Waals surface area contributed by atoms with Gasteiger partial charge in [0.05, 0.1) is 23.2 Å². The lowest BCUT2D eigenvalue weighted by Crippen LogP contribution is -2.63. The summed E-state index contributed by atoms with van der Waals surface area (Å²) >= 11 is 0. The van der Waals surface area contributed by atoms with Gasteiger partial charge in [0, 0.05) is 19.2 Å². The van der Waals surface area contributed by atoms with Crippen LogP contribution in [0, 0.1) is 5.92 Å². The Morgan fingerprint density at radius 2 is 1.82 bits per heavy atom. The van der Waals surface area contributed by atoms with Gasteiger partial charge in [0.15, 0.2) is 15.6 Å². The van der Waals surface area contributed by atoms with Crippen LogP contribution in [0.3, 0.4) is 0 Å². The summed E-state index contributed by atoms with van der Waals surface area (Å²) in [7, 11) is -3.44. The van der Waals surface area contributed by atoms with Gasteiger partial charge in [-0.2, -0.15) is 0 Å². The standard InChI is InChI=1S/C24H35N3O5S/c1-17(2)15-22(29)26-24(12-7-4-8-13-24)23(30)25-18-11-14-27(16-20(18)28)19-9-5-6-10-21(19)33(3,31)32/h5-6,9-10,17-18H,4,7-8,11-16H2,1-3H3,(H,25,30)(H,26,29). The predicted molar refractivity (Wildman–Crippen MR) is 127 cm³/mol. The zero-order chi connectivity index (χ0) is 24.2. The van der Waals surface area contributed by atoms with Crippen LogP contribution in [0.4, 0.5) is 5.69 Å². The number of benzene rings is 1. The molecule has 1 heterocycles. The van der Waals surface area contributed by atoms with Crippen molar-refractivity contribution < 1.29 is 22.8 Å². The maximum atomic E-state index is 13.3. The van der Waals surface area contributed by atoms with Crippen LogP contribution >= 0.6 is 0 Å². The van der Waals surface area contributed by atoms with E-state index in [2.05, 4.69) is 10.6 Å². The number of carbonyl (C=O) groups excluding carboxylic acids is 3. The van der Waals surface area contributed by atoms with Gasteiger partial charge in [-0.05, 0) is 37.3 Å². The van der Waals surface area contributed by atoms with Crippen LogP contribution in [0.2, 0.25) is 0 Å². The van der Waals surface area contributed by atoms with E-state index >= 15 is 0 Å². The molecule has 1 saturated heterocycles. The molecule has 2 N–H and O–H groups in total. The molecule has 1 unspecified atom stereocenters. The summed E-state index contributed by atoms with van der Waals surface area (Å²) in [6.45, 7) is 4.38. The maximum absolute atomic E-state index is 13.3. The number of ketones is 1. The highest BCUT2D eigenvalue weighted by atomic mass is 32.2. The molecule has 2 aliphatic rings. The number of nitrogens with one attached hydrogen (secondary N) is 2. The Morgan fingerprint density at radius 1 is 1.15 bits per heavy atom. The molecule has 8 nitrogen and oxygen atoms in total. The molecule has 1 aromatic rings. The van der Waals surface area contributed by atoms with Crippen molar-refractivity contribution in [3.8, 4) is 0 Å². The summed E-state index contributed by atoms with van der Waals surface area (Å²) < 4.78 is 24.3. The summed E-state index contributed by atoms with van der Waals surface area (Å²) in [6, 6.07) is 5.99. The van der Waals surface area contributed by atoms with Crippen molar-refractivity contribution in [3.63, 3.8) is 0 Å². The lowest BCUT2D eigenvalue weighted by molar-refractivity contribution is -0.137. The van der Waals surface area contributed by atoms with Gasteiger partial charge < -0.3 is 15.5 Å². The molecule has 9 heteroatoms. The highest BCUT2D eigenvalue weighted by Crippen LogP contribution is 2.30. The fourth-order valence-corrected chi connectivity index (χ4v) is 5.67. The number of piperidine rings is 1. The van der Waals surface area contributed by atoms with Crippen LogP contribution in [0.1, 0.15) is 58.8 Å². The van der Waals surface area contributed by atoms with E-state index in [4.69, 9.17) is 0 Å². The zero-order valence-corrected chi connectivity index (χ0v) is 20.5. The van der Waals surface area contributed by atoms with E-state index in [9.17, 15) is 22.8 Å². The third kappa shape index (κ3) is 6.13. The first kappa shape index (κ1) is 25.2. The van der Waals surface area contributed by atoms with E-state index in [0.717, 1.165) is 25.5 Å². The molecule has 3 rings (SSSR count). The second-order valence-electron chi connectivity index (χ2n) is 9.73. The first-order valence-electron chi connectivity index (χ1n) is 11.7. The Labute approximate surface area is 196 Å². The maximum Gasteiger partial charge on any atom is 0.246 e. The third-order valence-corrected chi connectivity index (χ3v) is 7.59. The van der Waals surface area contributed by atoms with E-state index in [1.165, 1.54) is 6.07 Å². The molecule has 2 amide bonds. The first-order valence-corrected chi connectivity index (χ1v) is 13.6. The number of hydrogen-bond acceptors (Lipinski definition) is 6. The fourth-order valence-electron chi connectivity index (χ4n) is 4.76. The highest BCUT2D eigenvalue weighted by molar-refractivity contribution is 7.90. The highest BCUT2D eigenvalue weighted by Gasteiger charge is 2.43. The Bertz CT molecular complexity index is 999. The smallest absolute Gasteiger partial charge is 0.246 e. The average Bonchev–Trinajstić information content (AvgIpc) is 2.74. The summed E-state index contributed by atoms with van der Waals surface area (Å²) in [5.41, 5.74) is -0.465. The van der Waals surface area contributed by atoms with Gasteiger partial charge in [0.1, 0.15) is 5.54 Å². The number of carbonyl (C=O) groups is 3. The van der Waals surface area contributed by atoms with E-state index < -0.39 is 21.4 Å². The van der Waals surface area contributed by atoms with Crippen LogP contribution in [-0.4, -0.2) is 56.9 Å². The Balaban J connectivity index is 1.70. The quantitative estimate of drug-likeness (QED) is 0.623. The molecule has 1 aromatic carbocycles. The molecule has 0 radical (unpaired) electrons. The number of anilines is 1. The van der Waals surface area contributed by atoms with E-state index in [-0.39, 0.29) is 35.0 Å². The molecule has 0 spiro atoms. The van der Waals surface area contributed by atoms with Crippen LogP contribution in [0.5, 0.6) is 0 Å². The molecule has 0 aromatic heterocycles. The molecule has 1 aliphatic heterocycles. The van der Waals surface area contributed by atoms with Crippen molar-refractivity contribution in [1.82, 2.24) is 10.6 Å². The number of para-hydroxylation sites is 1. The molecule has 1 aliphatic carbocycles. The first-order chi connectivity index (χ1) is 15.5. The van der Waals surface area contributed by atoms with Gasteiger partial charge in [-0.1, -0.05) is 45.2 Å². The molecule has 182 valence electrons. The van der Waals surface area contributed by atoms with Gasteiger partial charge in [0.2, 0.25) is 11.8 Å². The Hall–Kier alpha value is -2.42. The number of amides is 2.